The molecule has 0 bridgehead atoms. The number of hydrogen-bond donors (Lipinski definition) is 1. The number of esters is 1. The van der Waals surface area contributed by atoms with Gasteiger partial charge in [-0.25, -0.2) is 9.59 Å². The van der Waals surface area contributed by atoms with Crippen LogP contribution in [0.5, 0.6) is 0 Å². The quantitative estimate of drug-likeness (QED) is 0.127. The molecule has 13 nitrogen and oxygen atoms in total. The van der Waals surface area contributed by atoms with Crippen molar-refractivity contribution in [3.63, 3.8) is 0 Å². The zero-order valence-electron chi connectivity index (χ0n) is 23.3. The summed E-state index contributed by atoms with van der Waals surface area (Å²) in [4.78, 5) is 66.6. The van der Waals surface area contributed by atoms with E-state index in [4.69, 9.17) is 9.47 Å². The summed E-state index contributed by atoms with van der Waals surface area (Å²) in [5.41, 5.74) is 0.470. The van der Waals surface area contributed by atoms with Gasteiger partial charge in [-0.05, 0) is 30.5 Å². The van der Waals surface area contributed by atoms with Gasteiger partial charge >= 0.3 is 12.1 Å². The number of carbonyl (C=O) groups excluding carboxylic acids is 4. The van der Waals surface area contributed by atoms with Crippen molar-refractivity contribution in [1.82, 2.24) is 14.7 Å². The molecule has 3 heterocycles. The Balaban J connectivity index is 1.56. The van der Waals surface area contributed by atoms with Crippen molar-refractivity contribution in [3.8, 4) is 0 Å². The molecule has 5 atom stereocenters. The van der Waals surface area contributed by atoms with E-state index in [9.17, 15) is 34.4 Å². The largest absolute Gasteiger partial charge is 0.456 e. The average Bonchev–Trinajstić information content (AvgIpc) is 3.53. The van der Waals surface area contributed by atoms with E-state index in [2.05, 4.69) is 6.58 Å². The Morgan fingerprint density at radius 3 is 2.57 bits per heavy atom. The summed E-state index contributed by atoms with van der Waals surface area (Å²) in [5, 5.41) is 20.6. The second-order valence-corrected chi connectivity index (χ2v) is 12.8. The van der Waals surface area contributed by atoms with E-state index in [0.29, 0.717) is 22.6 Å². The molecular weight excluding hydrogens is 588 g/mol. The number of β-lactam (4-membered cyclic amide) rings is 1. The van der Waals surface area contributed by atoms with Crippen molar-refractivity contribution in [2.45, 2.75) is 49.1 Å². The number of ether oxygens (including phenoxy) is 2. The van der Waals surface area contributed by atoms with E-state index in [-0.39, 0.29) is 48.2 Å². The summed E-state index contributed by atoms with van der Waals surface area (Å²) < 4.78 is 11.2. The lowest BCUT2D eigenvalue weighted by atomic mass is 9.90. The number of aliphatic hydroxyl groups excluding tert-OH is 1. The molecule has 2 fully saturated rings. The number of likely N-dealkylation sites (tertiary alicyclic amines) is 1. The summed E-state index contributed by atoms with van der Waals surface area (Å²) in [7, 11) is 3.19. The number of thioether (sulfide) groups is 2. The van der Waals surface area contributed by atoms with Crippen molar-refractivity contribution in [1.29, 1.82) is 0 Å². The zero-order chi connectivity index (χ0) is 30.7. The highest BCUT2D eigenvalue weighted by Gasteiger charge is 2.59. The van der Waals surface area contributed by atoms with Gasteiger partial charge in [-0.3, -0.25) is 29.5 Å². The van der Waals surface area contributed by atoms with Gasteiger partial charge in [-0.1, -0.05) is 31.3 Å². The molecule has 3 amide bonds. The van der Waals surface area contributed by atoms with Gasteiger partial charge in [-0.15, -0.1) is 11.8 Å². The van der Waals surface area contributed by atoms with Gasteiger partial charge in [0.1, 0.15) is 24.6 Å². The Morgan fingerprint density at radius 2 is 1.98 bits per heavy atom. The maximum absolute atomic E-state index is 13.4. The second kappa shape index (κ2) is 13.2. The monoisotopic (exact) mass is 620 g/mol. The molecule has 0 aliphatic carbocycles. The normalized spacial score (nSPS) is 23.7. The molecule has 1 aromatic rings. The molecule has 0 aromatic heterocycles. The summed E-state index contributed by atoms with van der Waals surface area (Å²) >= 11 is 2.55. The van der Waals surface area contributed by atoms with Gasteiger partial charge in [0.05, 0.1) is 21.2 Å². The molecule has 0 unspecified atom stereocenters. The van der Waals surface area contributed by atoms with Crippen LogP contribution >= 0.6 is 23.5 Å². The Labute approximate surface area is 251 Å². The molecule has 3 aliphatic heterocycles. The molecule has 0 spiro atoms. The number of benzene rings is 1. The summed E-state index contributed by atoms with van der Waals surface area (Å²) in [5.74, 6) is -2.10. The van der Waals surface area contributed by atoms with Crippen molar-refractivity contribution in [2.24, 2.45) is 5.92 Å². The summed E-state index contributed by atoms with van der Waals surface area (Å²) in [6.45, 7) is 5.28. The van der Waals surface area contributed by atoms with E-state index in [0.717, 1.165) is 0 Å². The fourth-order valence-electron chi connectivity index (χ4n) is 4.90. The minimum Gasteiger partial charge on any atom is -0.456 e. The van der Waals surface area contributed by atoms with Crippen LogP contribution in [-0.4, -0.2) is 98.6 Å². The van der Waals surface area contributed by atoms with Gasteiger partial charge in [0.2, 0.25) is 11.8 Å². The van der Waals surface area contributed by atoms with Gasteiger partial charge < -0.3 is 19.5 Å². The van der Waals surface area contributed by atoms with E-state index in [1.165, 1.54) is 68.6 Å². The average molecular weight is 621 g/mol. The van der Waals surface area contributed by atoms with Crippen LogP contribution in [0.25, 0.3) is 0 Å². The number of nitro benzene ring substituents is 1. The molecule has 226 valence electrons. The number of aliphatic hydroxyl groups is 1. The lowest BCUT2D eigenvalue weighted by Crippen LogP contribution is -2.61. The molecule has 15 heteroatoms. The number of nitrogens with zero attached hydrogens (tertiary/aromatic N) is 4. The second-order valence-electron chi connectivity index (χ2n) is 10.1. The molecule has 4 rings (SSSR count). The lowest BCUT2D eigenvalue weighted by Gasteiger charge is -2.44. The van der Waals surface area contributed by atoms with Crippen LogP contribution in [-0.2, 0) is 30.5 Å². The van der Waals surface area contributed by atoms with Crippen LogP contribution in [0, 0.1) is 16.0 Å². The fourth-order valence-corrected chi connectivity index (χ4v) is 8.21. The van der Waals surface area contributed by atoms with Gasteiger partial charge in [0, 0.05) is 38.0 Å². The predicted octanol–water partition coefficient (Wildman–Crippen LogP) is 2.70. The third-order valence-electron chi connectivity index (χ3n) is 7.11. The molecular formula is C27H32N4O9S2. The standard InChI is InChI=1S/C27H32N4O9S2/c1-5-11-39-27(36)29-13-17(12-18(29)22(33)28(3)4)41-26-21(30-23(34)20(19(32)6-2)24(30)42-26)25(35)40-14-15-7-9-16(10-8-15)31(37)38/h5,7-10,17-20,24,32H,1,6,11-14H2,2-4H3/t17-,18-,19-,20+,24+/m0/s1. The smallest absolute Gasteiger partial charge is 0.410 e. The van der Waals surface area contributed by atoms with Crippen LogP contribution in [0.4, 0.5) is 10.5 Å². The van der Waals surface area contributed by atoms with Crippen LogP contribution in [0.3, 0.4) is 0 Å². The number of non-ortho nitro benzene ring substituents is 1. The highest BCUT2D eigenvalue weighted by atomic mass is 32.2. The molecule has 0 saturated carbocycles. The van der Waals surface area contributed by atoms with Crippen molar-refractivity contribution in [2.75, 3.05) is 27.2 Å². The fraction of sp³-hybridized carbons (Fsp3) is 0.481. The number of amides is 3. The summed E-state index contributed by atoms with van der Waals surface area (Å²) in [6, 6.07) is 4.79. The maximum atomic E-state index is 13.4. The van der Waals surface area contributed by atoms with E-state index < -0.39 is 40.4 Å². The number of fused-ring (bicyclic) bond motifs is 1. The number of rotatable bonds is 11. The predicted molar refractivity (Wildman–Crippen MR) is 155 cm³/mol. The first-order valence-electron chi connectivity index (χ1n) is 13.2. The van der Waals surface area contributed by atoms with Crippen molar-refractivity contribution >= 4 is 53.1 Å². The summed E-state index contributed by atoms with van der Waals surface area (Å²) in [6.07, 6.45) is 0.554. The van der Waals surface area contributed by atoms with Crippen molar-refractivity contribution < 1.29 is 38.7 Å². The highest BCUT2D eigenvalue weighted by molar-refractivity contribution is 8.23. The van der Waals surface area contributed by atoms with E-state index >= 15 is 0 Å². The third kappa shape index (κ3) is 6.27. The first kappa shape index (κ1) is 31.4. The van der Waals surface area contributed by atoms with Gasteiger partial charge in [0.25, 0.3) is 5.69 Å². The topological polar surface area (TPSA) is 160 Å². The lowest BCUT2D eigenvalue weighted by molar-refractivity contribution is -0.384. The number of carbonyl (C=O) groups is 4. The van der Waals surface area contributed by atoms with Gasteiger partial charge in [-0.2, -0.15) is 0 Å². The first-order valence-corrected chi connectivity index (χ1v) is 15.0. The Morgan fingerprint density at radius 1 is 1.29 bits per heavy atom. The molecule has 0 radical (unpaired) electrons. The molecule has 3 aliphatic rings. The van der Waals surface area contributed by atoms with Crippen LogP contribution in [0.2, 0.25) is 0 Å². The molecule has 1 N–H and O–H groups in total. The Bertz CT molecular complexity index is 1300. The molecule has 1 aromatic carbocycles. The third-order valence-corrected chi connectivity index (χ3v) is 9.92. The minimum atomic E-state index is -0.878. The maximum Gasteiger partial charge on any atom is 0.410 e. The Hall–Kier alpha value is -3.56. The number of hydrogen-bond acceptors (Lipinski definition) is 11. The Kier molecular flexibility index (Phi) is 9.84. The molecule has 42 heavy (non-hydrogen) atoms. The first-order chi connectivity index (χ1) is 20.0. The minimum absolute atomic E-state index is 0.0122. The highest BCUT2D eigenvalue weighted by Crippen LogP contribution is 2.55. The van der Waals surface area contributed by atoms with E-state index in [1.54, 1.807) is 21.0 Å². The SMILES string of the molecule is C=CCOC(=O)N1C[C@@H](SC2=C(C(=O)OCc3ccc([N+](=O)[O-])cc3)N3C(=O)[C@@H]([C@@H](O)CC)[C@H]3S2)C[C@H]1C(=O)N(C)C. The van der Waals surface area contributed by atoms with Crippen LogP contribution in [0.1, 0.15) is 25.3 Å². The van der Waals surface area contributed by atoms with Crippen LogP contribution in [0.15, 0.2) is 46.9 Å². The number of likely N-dealkylation sites (N-methyl/N-ethyl adjacent to an activating group) is 1. The number of nitro groups is 1. The van der Waals surface area contributed by atoms with Crippen LogP contribution < -0.4 is 0 Å². The van der Waals surface area contributed by atoms with Gasteiger partial charge in [0.15, 0.2) is 5.70 Å². The van der Waals surface area contributed by atoms with Crippen molar-refractivity contribution in [3.05, 3.63) is 62.5 Å². The van der Waals surface area contributed by atoms with E-state index in [1.807, 2.05) is 0 Å². The zero-order valence-corrected chi connectivity index (χ0v) is 25.0. The molecule has 2 saturated heterocycles.